The van der Waals surface area contributed by atoms with Crippen molar-refractivity contribution in [1.82, 2.24) is 4.90 Å². The van der Waals surface area contributed by atoms with Crippen LogP contribution in [0, 0.1) is 17.8 Å². The first-order valence-corrected chi connectivity index (χ1v) is 6.10. The average molecular weight is 201 g/mol. The van der Waals surface area contributed by atoms with E-state index in [9.17, 15) is 0 Å². The molecule has 78 valence electrons. The number of piperidine rings is 1. The topological polar surface area (TPSA) is 3.24 Å². The maximum atomic E-state index is 4.33. The second-order valence-electron chi connectivity index (χ2n) is 4.79. The number of likely N-dealkylation sites (tertiary alicyclic amines) is 1. The molecule has 0 saturated carbocycles. The van der Waals surface area contributed by atoms with E-state index in [2.05, 4.69) is 38.3 Å². The van der Waals surface area contributed by atoms with Crippen molar-refractivity contribution in [2.24, 2.45) is 17.8 Å². The molecule has 1 rings (SSSR count). The van der Waals surface area contributed by atoms with Gasteiger partial charge < -0.3 is 4.90 Å². The highest BCUT2D eigenvalue weighted by Crippen LogP contribution is 2.22. The summed E-state index contributed by atoms with van der Waals surface area (Å²) in [5.41, 5.74) is 0. The molecular formula is C11H23NS. The van der Waals surface area contributed by atoms with Gasteiger partial charge in [0.05, 0.1) is 0 Å². The predicted octanol–water partition coefficient (Wildman–Crippen LogP) is 2.53. The summed E-state index contributed by atoms with van der Waals surface area (Å²) < 4.78 is 0. The highest BCUT2D eigenvalue weighted by Gasteiger charge is 2.22. The van der Waals surface area contributed by atoms with E-state index in [0.29, 0.717) is 0 Å². The first kappa shape index (κ1) is 11.4. The summed E-state index contributed by atoms with van der Waals surface area (Å²) in [7, 11) is 0. The van der Waals surface area contributed by atoms with Crippen LogP contribution in [-0.2, 0) is 0 Å². The van der Waals surface area contributed by atoms with Gasteiger partial charge in [-0.05, 0) is 36.5 Å². The van der Waals surface area contributed by atoms with Crippen LogP contribution in [0.15, 0.2) is 0 Å². The molecule has 1 heterocycles. The van der Waals surface area contributed by atoms with Crippen LogP contribution in [0.3, 0.4) is 0 Å². The lowest BCUT2D eigenvalue weighted by Crippen LogP contribution is -2.40. The third-order valence-corrected chi connectivity index (χ3v) is 3.92. The maximum Gasteiger partial charge on any atom is 0.00149 e. The zero-order valence-corrected chi connectivity index (χ0v) is 10.1. The molecular weight excluding hydrogens is 178 g/mol. The Bertz CT molecular complexity index is 147. The molecule has 0 radical (unpaired) electrons. The van der Waals surface area contributed by atoms with Gasteiger partial charge in [0.15, 0.2) is 0 Å². The third kappa shape index (κ3) is 3.51. The summed E-state index contributed by atoms with van der Waals surface area (Å²) in [6.07, 6.45) is 1.38. The van der Waals surface area contributed by atoms with Gasteiger partial charge in [0, 0.05) is 13.1 Å². The lowest BCUT2D eigenvalue weighted by Gasteiger charge is -2.36. The predicted molar refractivity (Wildman–Crippen MR) is 62.4 cm³/mol. The van der Waals surface area contributed by atoms with Gasteiger partial charge in [0.1, 0.15) is 0 Å². The summed E-state index contributed by atoms with van der Waals surface area (Å²) in [5.74, 6) is 3.55. The Kier molecular flexibility index (Phi) is 4.60. The van der Waals surface area contributed by atoms with Gasteiger partial charge in [-0.15, -0.1) is 0 Å². The highest BCUT2D eigenvalue weighted by atomic mass is 32.1. The molecule has 1 nitrogen and oxygen atoms in total. The molecule has 0 aromatic rings. The molecule has 13 heavy (non-hydrogen) atoms. The molecule has 3 atom stereocenters. The van der Waals surface area contributed by atoms with Crippen molar-refractivity contribution in [3.63, 3.8) is 0 Å². The van der Waals surface area contributed by atoms with E-state index in [1.165, 1.54) is 26.1 Å². The van der Waals surface area contributed by atoms with Crippen molar-refractivity contribution in [2.45, 2.75) is 27.2 Å². The van der Waals surface area contributed by atoms with Gasteiger partial charge in [-0.3, -0.25) is 0 Å². The van der Waals surface area contributed by atoms with Crippen molar-refractivity contribution >= 4 is 12.6 Å². The molecule has 0 spiro atoms. The molecule has 1 aliphatic rings. The Hall–Kier alpha value is 0.310. The molecule has 3 unspecified atom stereocenters. The molecule has 0 bridgehead atoms. The second kappa shape index (κ2) is 5.26. The van der Waals surface area contributed by atoms with Crippen molar-refractivity contribution in [3.05, 3.63) is 0 Å². The summed E-state index contributed by atoms with van der Waals surface area (Å²) in [6.45, 7) is 10.9. The van der Waals surface area contributed by atoms with Crippen LogP contribution in [0.2, 0.25) is 0 Å². The van der Waals surface area contributed by atoms with Crippen molar-refractivity contribution < 1.29 is 0 Å². The van der Waals surface area contributed by atoms with Gasteiger partial charge in [0.2, 0.25) is 0 Å². The quantitative estimate of drug-likeness (QED) is 0.687. The van der Waals surface area contributed by atoms with Crippen molar-refractivity contribution in [1.29, 1.82) is 0 Å². The minimum atomic E-state index is 0.740. The van der Waals surface area contributed by atoms with Crippen LogP contribution in [-0.4, -0.2) is 30.3 Å². The molecule has 0 aromatic carbocycles. The third-order valence-electron chi connectivity index (χ3n) is 3.30. The largest absolute Gasteiger partial charge is 0.303 e. The lowest BCUT2D eigenvalue weighted by molar-refractivity contribution is 0.127. The van der Waals surface area contributed by atoms with Gasteiger partial charge in [-0.2, -0.15) is 12.6 Å². The highest BCUT2D eigenvalue weighted by molar-refractivity contribution is 7.80. The van der Waals surface area contributed by atoms with Crippen LogP contribution in [0.25, 0.3) is 0 Å². The van der Waals surface area contributed by atoms with Gasteiger partial charge in [0.25, 0.3) is 0 Å². The van der Waals surface area contributed by atoms with E-state index in [0.717, 1.165) is 23.5 Å². The zero-order valence-electron chi connectivity index (χ0n) is 9.16. The van der Waals surface area contributed by atoms with E-state index in [1.807, 2.05) is 0 Å². The van der Waals surface area contributed by atoms with E-state index in [-0.39, 0.29) is 0 Å². The Morgan fingerprint density at radius 1 is 1.38 bits per heavy atom. The first-order chi connectivity index (χ1) is 6.13. The zero-order chi connectivity index (χ0) is 9.84. The monoisotopic (exact) mass is 201 g/mol. The lowest BCUT2D eigenvalue weighted by atomic mass is 9.88. The van der Waals surface area contributed by atoms with E-state index in [1.54, 1.807) is 0 Å². The summed E-state index contributed by atoms with van der Waals surface area (Å²) >= 11 is 4.33. The smallest absolute Gasteiger partial charge is 0.00149 e. The number of nitrogens with zero attached hydrogens (tertiary/aromatic N) is 1. The number of thiol groups is 1. The summed E-state index contributed by atoms with van der Waals surface area (Å²) in [4.78, 5) is 2.60. The van der Waals surface area contributed by atoms with E-state index in [4.69, 9.17) is 0 Å². The van der Waals surface area contributed by atoms with Crippen LogP contribution in [0.4, 0.5) is 0 Å². The molecule has 0 N–H and O–H groups in total. The Balaban J connectivity index is 2.29. The molecule has 1 aliphatic heterocycles. The Morgan fingerprint density at radius 2 is 2.08 bits per heavy atom. The normalized spacial score (nSPS) is 33.2. The minimum Gasteiger partial charge on any atom is -0.303 e. The van der Waals surface area contributed by atoms with Crippen molar-refractivity contribution in [3.8, 4) is 0 Å². The fourth-order valence-corrected chi connectivity index (χ4v) is 2.13. The van der Waals surface area contributed by atoms with Crippen LogP contribution >= 0.6 is 12.6 Å². The molecule has 0 aromatic heterocycles. The summed E-state index contributed by atoms with van der Waals surface area (Å²) in [6, 6.07) is 0. The SMILES string of the molecule is CC(CS)CN1CCC(C)C(C)C1. The number of hydrogen-bond acceptors (Lipinski definition) is 2. The fraction of sp³-hybridized carbons (Fsp3) is 1.00. The molecule has 1 fully saturated rings. The van der Waals surface area contributed by atoms with E-state index >= 15 is 0 Å². The first-order valence-electron chi connectivity index (χ1n) is 5.46. The molecule has 1 saturated heterocycles. The second-order valence-corrected chi connectivity index (χ2v) is 5.16. The van der Waals surface area contributed by atoms with Crippen LogP contribution < -0.4 is 0 Å². The van der Waals surface area contributed by atoms with Gasteiger partial charge in [-0.1, -0.05) is 20.8 Å². The summed E-state index contributed by atoms with van der Waals surface area (Å²) in [5, 5.41) is 0. The average Bonchev–Trinajstić information content (AvgIpc) is 2.11. The minimum absolute atomic E-state index is 0.740. The standard InChI is InChI=1S/C11H23NS/c1-9(8-13)6-12-5-4-10(2)11(3)7-12/h9-11,13H,4-8H2,1-3H3. The van der Waals surface area contributed by atoms with Crippen LogP contribution in [0.1, 0.15) is 27.2 Å². The van der Waals surface area contributed by atoms with Crippen LogP contribution in [0.5, 0.6) is 0 Å². The molecule has 0 aliphatic carbocycles. The fourth-order valence-electron chi connectivity index (χ4n) is 2.01. The number of rotatable bonds is 3. The molecule has 2 heteroatoms. The van der Waals surface area contributed by atoms with Gasteiger partial charge in [-0.25, -0.2) is 0 Å². The van der Waals surface area contributed by atoms with E-state index < -0.39 is 0 Å². The Morgan fingerprint density at radius 3 is 2.62 bits per heavy atom. The van der Waals surface area contributed by atoms with Gasteiger partial charge >= 0.3 is 0 Å². The van der Waals surface area contributed by atoms with Crippen molar-refractivity contribution in [2.75, 3.05) is 25.4 Å². The molecule has 0 amide bonds. The maximum absolute atomic E-state index is 4.33. The number of hydrogen-bond donors (Lipinski definition) is 1. The Labute approximate surface area is 88.3 Å².